The second-order valence-electron chi connectivity index (χ2n) is 8.04. The van der Waals surface area contributed by atoms with Crippen LogP contribution in [0, 0.1) is 11.8 Å². The largest absolute Gasteiger partial charge is 0.339 e. The van der Waals surface area contributed by atoms with E-state index in [0.29, 0.717) is 17.9 Å². The summed E-state index contributed by atoms with van der Waals surface area (Å²) < 4.78 is 2.24. The van der Waals surface area contributed by atoms with Crippen LogP contribution in [0.1, 0.15) is 70.0 Å². The Morgan fingerprint density at radius 2 is 1.92 bits per heavy atom. The maximum atomic E-state index is 12.9. The van der Waals surface area contributed by atoms with Crippen LogP contribution in [0.25, 0.3) is 0 Å². The summed E-state index contributed by atoms with van der Waals surface area (Å²) in [6.45, 7) is 2.05. The molecule has 1 aromatic rings. The number of likely N-dealkylation sites (tertiary alicyclic amines) is 1. The lowest BCUT2D eigenvalue weighted by molar-refractivity contribution is -0.137. The molecular formula is C19H30N4O. The minimum absolute atomic E-state index is 0.304. The van der Waals surface area contributed by atoms with Gasteiger partial charge in [0.05, 0.1) is 0 Å². The zero-order chi connectivity index (χ0) is 16.4. The van der Waals surface area contributed by atoms with E-state index in [2.05, 4.69) is 19.7 Å². The van der Waals surface area contributed by atoms with E-state index in [1.165, 1.54) is 32.1 Å². The number of carbonyl (C=O) groups is 1. The van der Waals surface area contributed by atoms with Crippen molar-refractivity contribution in [1.29, 1.82) is 0 Å². The van der Waals surface area contributed by atoms with Gasteiger partial charge in [0.15, 0.2) is 0 Å². The van der Waals surface area contributed by atoms with Gasteiger partial charge in [-0.05, 0) is 50.9 Å². The van der Waals surface area contributed by atoms with Crippen LogP contribution in [0.2, 0.25) is 0 Å². The number of amides is 1. The van der Waals surface area contributed by atoms with Crippen LogP contribution >= 0.6 is 0 Å². The molecule has 0 spiro atoms. The third-order valence-electron chi connectivity index (χ3n) is 6.16. The van der Waals surface area contributed by atoms with Crippen molar-refractivity contribution in [2.45, 2.75) is 83.2 Å². The van der Waals surface area contributed by atoms with Gasteiger partial charge in [0.1, 0.15) is 12.2 Å². The fraction of sp³-hybridized carbons (Fsp3) is 0.842. The number of aromatic nitrogens is 3. The molecule has 4 rings (SSSR count). The summed E-state index contributed by atoms with van der Waals surface area (Å²) in [5, 5.41) is 8.44. The molecule has 1 saturated heterocycles. The summed E-state index contributed by atoms with van der Waals surface area (Å²) in [7, 11) is 0. The van der Waals surface area contributed by atoms with Crippen LogP contribution in [0.15, 0.2) is 6.33 Å². The second-order valence-corrected chi connectivity index (χ2v) is 8.04. The van der Waals surface area contributed by atoms with Crippen LogP contribution in [0.4, 0.5) is 0 Å². The monoisotopic (exact) mass is 330 g/mol. The van der Waals surface area contributed by atoms with Gasteiger partial charge in [-0.3, -0.25) is 4.79 Å². The Morgan fingerprint density at radius 1 is 1.08 bits per heavy atom. The zero-order valence-corrected chi connectivity index (χ0v) is 14.7. The third-order valence-corrected chi connectivity index (χ3v) is 6.16. The maximum Gasteiger partial charge on any atom is 0.225 e. The topological polar surface area (TPSA) is 51.0 Å². The fourth-order valence-corrected chi connectivity index (χ4v) is 4.51. The highest BCUT2D eigenvalue weighted by Crippen LogP contribution is 2.32. The lowest BCUT2D eigenvalue weighted by Crippen LogP contribution is -2.40. The van der Waals surface area contributed by atoms with Crippen LogP contribution in [-0.2, 0) is 17.8 Å². The Hall–Kier alpha value is -1.39. The van der Waals surface area contributed by atoms with Gasteiger partial charge in [0, 0.05) is 31.5 Å². The van der Waals surface area contributed by atoms with E-state index < -0.39 is 0 Å². The van der Waals surface area contributed by atoms with Crippen molar-refractivity contribution in [1.82, 2.24) is 19.7 Å². The average Bonchev–Trinajstić information content (AvgIpc) is 3.13. The highest BCUT2D eigenvalue weighted by atomic mass is 16.2. The van der Waals surface area contributed by atoms with Crippen molar-refractivity contribution in [3.63, 3.8) is 0 Å². The van der Waals surface area contributed by atoms with E-state index in [1.54, 1.807) is 0 Å². The van der Waals surface area contributed by atoms with Gasteiger partial charge in [0.2, 0.25) is 5.91 Å². The highest BCUT2D eigenvalue weighted by molar-refractivity contribution is 5.79. The van der Waals surface area contributed by atoms with E-state index >= 15 is 0 Å². The predicted molar refractivity (Wildman–Crippen MR) is 92.4 cm³/mol. The minimum atomic E-state index is 0.304. The molecule has 0 aromatic carbocycles. The van der Waals surface area contributed by atoms with Crippen molar-refractivity contribution in [2.24, 2.45) is 11.8 Å². The molecule has 1 atom stereocenters. The van der Waals surface area contributed by atoms with Gasteiger partial charge in [-0.1, -0.05) is 19.3 Å². The van der Waals surface area contributed by atoms with E-state index in [1.807, 2.05) is 6.33 Å². The molecule has 24 heavy (non-hydrogen) atoms. The lowest BCUT2D eigenvalue weighted by atomic mass is 9.88. The van der Waals surface area contributed by atoms with Gasteiger partial charge < -0.3 is 9.47 Å². The Labute approximate surface area is 144 Å². The van der Waals surface area contributed by atoms with Crippen molar-refractivity contribution >= 4 is 5.91 Å². The van der Waals surface area contributed by atoms with Gasteiger partial charge in [-0.25, -0.2) is 0 Å². The SMILES string of the molecule is O=C(C1CCCCC1)N1CCCC1CCc1nncn1CC1CC1. The second kappa shape index (κ2) is 7.24. The van der Waals surface area contributed by atoms with Crippen molar-refractivity contribution in [2.75, 3.05) is 6.54 Å². The molecule has 3 fully saturated rings. The molecule has 1 aromatic heterocycles. The summed E-state index contributed by atoms with van der Waals surface area (Å²) in [5.74, 6) is 2.70. The van der Waals surface area contributed by atoms with E-state index in [0.717, 1.165) is 63.4 Å². The predicted octanol–water partition coefficient (Wildman–Crippen LogP) is 3.19. The van der Waals surface area contributed by atoms with Crippen molar-refractivity contribution < 1.29 is 4.79 Å². The molecule has 2 saturated carbocycles. The number of hydrogen-bond donors (Lipinski definition) is 0. The van der Waals surface area contributed by atoms with Crippen LogP contribution in [0.3, 0.4) is 0 Å². The van der Waals surface area contributed by atoms with E-state index in [4.69, 9.17) is 0 Å². The number of rotatable bonds is 6. The van der Waals surface area contributed by atoms with Gasteiger partial charge in [0.25, 0.3) is 0 Å². The number of nitrogens with zero attached hydrogens (tertiary/aromatic N) is 4. The summed E-state index contributed by atoms with van der Waals surface area (Å²) in [6.07, 6.45) is 14.9. The smallest absolute Gasteiger partial charge is 0.225 e. The normalized spacial score (nSPS) is 25.3. The average molecular weight is 330 g/mol. The highest BCUT2D eigenvalue weighted by Gasteiger charge is 2.33. The maximum absolute atomic E-state index is 12.9. The Balaban J connectivity index is 1.33. The number of carbonyl (C=O) groups excluding carboxylic acids is 1. The molecule has 0 radical (unpaired) electrons. The molecule has 0 bridgehead atoms. The quantitative estimate of drug-likeness (QED) is 0.805. The molecule has 5 heteroatoms. The van der Waals surface area contributed by atoms with Crippen molar-refractivity contribution in [3.05, 3.63) is 12.2 Å². The molecule has 1 amide bonds. The van der Waals surface area contributed by atoms with Crippen LogP contribution in [0.5, 0.6) is 0 Å². The van der Waals surface area contributed by atoms with Crippen molar-refractivity contribution in [3.8, 4) is 0 Å². The Bertz CT molecular complexity index is 559. The fourth-order valence-electron chi connectivity index (χ4n) is 4.51. The first-order valence-electron chi connectivity index (χ1n) is 9.98. The lowest BCUT2D eigenvalue weighted by Gasteiger charge is -2.30. The van der Waals surface area contributed by atoms with Crippen LogP contribution in [-0.4, -0.2) is 38.2 Å². The first kappa shape index (κ1) is 16.1. The molecule has 1 aliphatic heterocycles. The number of hydrogen-bond acceptors (Lipinski definition) is 3. The summed E-state index contributed by atoms with van der Waals surface area (Å²) in [4.78, 5) is 15.1. The Kier molecular flexibility index (Phi) is 4.86. The molecule has 0 N–H and O–H groups in total. The van der Waals surface area contributed by atoms with E-state index in [9.17, 15) is 4.79 Å². The Morgan fingerprint density at radius 3 is 2.71 bits per heavy atom. The first-order chi connectivity index (χ1) is 11.8. The molecule has 5 nitrogen and oxygen atoms in total. The van der Waals surface area contributed by atoms with Gasteiger partial charge in [-0.2, -0.15) is 0 Å². The first-order valence-corrected chi connectivity index (χ1v) is 9.98. The summed E-state index contributed by atoms with van der Waals surface area (Å²) >= 11 is 0. The zero-order valence-electron chi connectivity index (χ0n) is 14.7. The molecule has 1 unspecified atom stereocenters. The molecular weight excluding hydrogens is 300 g/mol. The summed E-state index contributed by atoms with van der Waals surface area (Å²) in [6, 6.07) is 0.422. The van der Waals surface area contributed by atoms with Gasteiger partial charge >= 0.3 is 0 Å². The van der Waals surface area contributed by atoms with Gasteiger partial charge in [-0.15, -0.1) is 10.2 Å². The molecule has 2 heterocycles. The van der Waals surface area contributed by atoms with Crippen LogP contribution < -0.4 is 0 Å². The molecule has 2 aliphatic carbocycles. The molecule has 132 valence electrons. The minimum Gasteiger partial charge on any atom is -0.339 e. The van der Waals surface area contributed by atoms with E-state index in [-0.39, 0.29) is 0 Å². The summed E-state index contributed by atoms with van der Waals surface area (Å²) in [5.41, 5.74) is 0. The standard InChI is InChI=1S/C19H30N4O/c24-19(16-5-2-1-3-6-16)23-12-4-7-17(23)10-11-18-21-20-14-22(18)13-15-8-9-15/h14-17H,1-13H2. The third kappa shape index (κ3) is 3.65. The molecule has 3 aliphatic rings. The number of aryl methyl sites for hydroxylation is 1.